The van der Waals surface area contributed by atoms with Crippen molar-refractivity contribution in [1.29, 1.82) is 0 Å². The molecule has 3 heterocycles. The Morgan fingerprint density at radius 2 is 2.26 bits per heavy atom. The van der Waals surface area contributed by atoms with Crippen molar-refractivity contribution in [2.24, 2.45) is 0 Å². The number of rotatable bonds is 2. The van der Waals surface area contributed by atoms with Gasteiger partial charge in [0.1, 0.15) is 5.82 Å². The van der Waals surface area contributed by atoms with Crippen LogP contribution in [-0.2, 0) is 16.6 Å². The number of nitrogens with one attached hydrogen (secondary N) is 2. The molecule has 1 aliphatic heterocycles. The van der Waals surface area contributed by atoms with Crippen LogP contribution in [0.15, 0.2) is 36.5 Å². The molecule has 2 unspecified atom stereocenters. The molecule has 5 heteroatoms. The normalized spacial score (nSPS) is 24.9. The molecule has 2 aliphatic rings. The van der Waals surface area contributed by atoms with E-state index in [9.17, 15) is 4.79 Å². The third-order valence-corrected chi connectivity index (χ3v) is 5.30. The Bertz CT molecular complexity index is 961. The number of H-pyrrole nitrogens is 1. The Labute approximate surface area is 133 Å². The molecule has 5 nitrogen and oxygen atoms in total. The molecule has 0 saturated heterocycles. The van der Waals surface area contributed by atoms with E-state index in [4.69, 9.17) is 0 Å². The fraction of sp³-hybridized carbons (Fsp3) is 0.278. The monoisotopic (exact) mass is 304 g/mol. The van der Waals surface area contributed by atoms with Crippen LogP contribution in [0.4, 0.5) is 5.82 Å². The van der Waals surface area contributed by atoms with E-state index in [1.54, 1.807) is 6.20 Å². The van der Waals surface area contributed by atoms with Crippen molar-refractivity contribution in [3.8, 4) is 0 Å². The Kier molecular flexibility index (Phi) is 2.33. The summed E-state index contributed by atoms with van der Waals surface area (Å²) in [6.07, 6.45) is 3.50. The van der Waals surface area contributed by atoms with Crippen molar-refractivity contribution in [3.63, 3.8) is 0 Å². The van der Waals surface area contributed by atoms with Crippen LogP contribution in [0.25, 0.3) is 10.9 Å². The van der Waals surface area contributed by atoms with Gasteiger partial charge in [-0.1, -0.05) is 25.1 Å². The van der Waals surface area contributed by atoms with Gasteiger partial charge >= 0.3 is 0 Å². The van der Waals surface area contributed by atoms with E-state index in [1.807, 2.05) is 12.1 Å². The van der Waals surface area contributed by atoms with Gasteiger partial charge in [-0.2, -0.15) is 5.10 Å². The first-order valence-electron chi connectivity index (χ1n) is 7.98. The van der Waals surface area contributed by atoms with Crippen LogP contribution in [0.1, 0.15) is 36.1 Å². The van der Waals surface area contributed by atoms with Gasteiger partial charge in [0.15, 0.2) is 0 Å². The molecule has 3 aromatic rings. The number of aromatic amines is 1. The fourth-order valence-electron chi connectivity index (χ4n) is 3.99. The van der Waals surface area contributed by atoms with E-state index in [0.29, 0.717) is 5.82 Å². The van der Waals surface area contributed by atoms with Crippen LogP contribution in [0.3, 0.4) is 0 Å². The summed E-state index contributed by atoms with van der Waals surface area (Å²) in [6.45, 7) is 2.11. The molecule has 1 spiro atoms. The molecule has 23 heavy (non-hydrogen) atoms. The second kappa shape index (κ2) is 4.19. The number of pyridine rings is 1. The lowest BCUT2D eigenvalue weighted by Crippen LogP contribution is -2.20. The summed E-state index contributed by atoms with van der Waals surface area (Å²) in [5.74, 6) is 1.00. The number of aromatic nitrogens is 3. The number of benzene rings is 1. The number of nitrogens with zero attached hydrogens (tertiary/aromatic N) is 2. The second-order valence-corrected chi connectivity index (χ2v) is 6.41. The van der Waals surface area contributed by atoms with E-state index < -0.39 is 5.41 Å². The number of carbonyl (C=O) groups is 1. The molecule has 1 amide bonds. The molecule has 2 N–H and O–H groups in total. The lowest BCUT2D eigenvalue weighted by Gasteiger charge is -2.08. The second-order valence-electron chi connectivity index (χ2n) is 6.41. The van der Waals surface area contributed by atoms with Crippen molar-refractivity contribution >= 4 is 22.6 Å². The molecule has 1 saturated carbocycles. The van der Waals surface area contributed by atoms with Crippen molar-refractivity contribution in [2.45, 2.75) is 31.1 Å². The van der Waals surface area contributed by atoms with Crippen LogP contribution in [-0.4, -0.2) is 21.1 Å². The number of anilines is 1. The van der Waals surface area contributed by atoms with Gasteiger partial charge in [-0.05, 0) is 30.5 Å². The third-order valence-electron chi connectivity index (χ3n) is 5.30. The molecule has 2 atom stereocenters. The zero-order valence-corrected chi connectivity index (χ0v) is 12.8. The van der Waals surface area contributed by atoms with Gasteiger partial charge in [-0.15, -0.1) is 0 Å². The molecule has 2 aromatic heterocycles. The first-order valence-corrected chi connectivity index (χ1v) is 7.98. The lowest BCUT2D eigenvalue weighted by atomic mass is 9.93. The molecule has 114 valence electrons. The maximum absolute atomic E-state index is 12.5. The summed E-state index contributed by atoms with van der Waals surface area (Å²) in [7, 11) is 0. The topological polar surface area (TPSA) is 70.7 Å². The minimum atomic E-state index is -0.429. The highest BCUT2D eigenvalue weighted by atomic mass is 16.2. The first kappa shape index (κ1) is 12.8. The lowest BCUT2D eigenvalue weighted by molar-refractivity contribution is -0.118. The summed E-state index contributed by atoms with van der Waals surface area (Å²) >= 11 is 0. The molecule has 1 fully saturated rings. The Hall–Kier alpha value is -2.69. The molecule has 1 aromatic carbocycles. The Morgan fingerprint density at radius 1 is 1.35 bits per heavy atom. The van der Waals surface area contributed by atoms with Crippen LogP contribution in [0, 0.1) is 0 Å². The summed E-state index contributed by atoms with van der Waals surface area (Å²) in [5.41, 5.74) is 3.92. The van der Waals surface area contributed by atoms with Crippen molar-refractivity contribution in [3.05, 3.63) is 53.3 Å². The zero-order chi connectivity index (χ0) is 15.6. The number of hydrogen-bond donors (Lipinski definition) is 2. The Balaban J connectivity index is 1.59. The quantitative estimate of drug-likeness (QED) is 0.764. The van der Waals surface area contributed by atoms with Crippen LogP contribution in [0.5, 0.6) is 0 Å². The number of fused-ring (bicyclic) bond motifs is 3. The third kappa shape index (κ3) is 1.54. The largest absolute Gasteiger partial charge is 0.310 e. The highest BCUT2D eigenvalue weighted by molar-refractivity contribution is 6.09. The van der Waals surface area contributed by atoms with E-state index in [-0.39, 0.29) is 11.8 Å². The molecular weight excluding hydrogens is 288 g/mol. The van der Waals surface area contributed by atoms with Crippen molar-refractivity contribution in [2.75, 3.05) is 5.32 Å². The Morgan fingerprint density at radius 3 is 3.13 bits per heavy atom. The standard InChI is InChI=1S/C18H16N4O/c1-2-14-11-6-5-10(8-15(11)22-21-14)13-9-18(13)12-4-3-7-19-16(12)20-17(18)23/h3-8,13H,2,9H2,1H3,(H,21,22)(H,19,20,23). The summed E-state index contributed by atoms with van der Waals surface area (Å²) < 4.78 is 0. The SMILES string of the molecule is CCc1[nH]nc2cc(C3CC34C(=O)Nc3ncccc34)ccc12. The zero-order valence-electron chi connectivity index (χ0n) is 12.8. The maximum atomic E-state index is 12.5. The van der Waals surface area contributed by atoms with Crippen molar-refractivity contribution in [1.82, 2.24) is 15.2 Å². The minimum absolute atomic E-state index is 0.0765. The van der Waals surface area contributed by atoms with Gasteiger partial charge in [-0.25, -0.2) is 4.98 Å². The summed E-state index contributed by atoms with van der Waals surface area (Å²) in [4.78, 5) is 16.8. The fourth-order valence-corrected chi connectivity index (χ4v) is 3.99. The number of hydrogen-bond acceptors (Lipinski definition) is 3. The first-order chi connectivity index (χ1) is 11.2. The van der Waals surface area contributed by atoms with Gasteiger partial charge in [0.25, 0.3) is 0 Å². The predicted molar refractivity (Wildman–Crippen MR) is 87.4 cm³/mol. The molecule has 0 radical (unpaired) electrons. The average molecular weight is 304 g/mol. The summed E-state index contributed by atoms with van der Waals surface area (Å²) in [6, 6.07) is 10.3. The number of amides is 1. The molecular formula is C18H16N4O. The van der Waals surface area contributed by atoms with Gasteiger partial charge in [0.2, 0.25) is 5.91 Å². The van der Waals surface area contributed by atoms with Gasteiger partial charge < -0.3 is 5.32 Å². The highest BCUT2D eigenvalue weighted by Gasteiger charge is 2.65. The van der Waals surface area contributed by atoms with Crippen molar-refractivity contribution < 1.29 is 4.79 Å². The molecule has 1 aliphatic carbocycles. The highest BCUT2D eigenvalue weighted by Crippen LogP contribution is 2.64. The van der Waals surface area contributed by atoms with E-state index in [2.05, 4.69) is 45.6 Å². The average Bonchev–Trinajstić information content (AvgIpc) is 3.10. The van der Waals surface area contributed by atoms with E-state index >= 15 is 0 Å². The molecule has 5 rings (SSSR count). The van der Waals surface area contributed by atoms with E-state index in [0.717, 1.165) is 29.6 Å². The molecule has 0 bridgehead atoms. The summed E-state index contributed by atoms with van der Waals surface area (Å²) in [5, 5.41) is 11.6. The van der Waals surface area contributed by atoms with Gasteiger partial charge in [-0.3, -0.25) is 9.89 Å². The number of aryl methyl sites for hydroxylation is 1. The predicted octanol–water partition coefficient (Wildman–Crippen LogP) is 2.90. The smallest absolute Gasteiger partial charge is 0.236 e. The minimum Gasteiger partial charge on any atom is -0.310 e. The van der Waals surface area contributed by atoms with Gasteiger partial charge in [0, 0.05) is 28.8 Å². The van der Waals surface area contributed by atoms with Crippen LogP contribution >= 0.6 is 0 Å². The van der Waals surface area contributed by atoms with Crippen LogP contribution < -0.4 is 5.32 Å². The number of carbonyl (C=O) groups excluding carboxylic acids is 1. The maximum Gasteiger partial charge on any atom is 0.236 e. The van der Waals surface area contributed by atoms with Gasteiger partial charge in [0.05, 0.1) is 10.9 Å². The van der Waals surface area contributed by atoms with E-state index in [1.165, 1.54) is 10.9 Å². The van der Waals surface area contributed by atoms with Crippen LogP contribution in [0.2, 0.25) is 0 Å².